The van der Waals surface area contributed by atoms with Crippen molar-refractivity contribution in [1.29, 1.82) is 0 Å². The molecule has 0 atom stereocenters. The minimum absolute atomic E-state index is 0.209. The van der Waals surface area contributed by atoms with Gasteiger partial charge >= 0.3 is 0 Å². The highest BCUT2D eigenvalue weighted by Gasteiger charge is 2.02. The van der Waals surface area contributed by atoms with Crippen molar-refractivity contribution in [2.75, 3.05) is 0 Å². The fraction of sp³-hybridized carbons (Fsp3) is 0. The number of nitrogens with zero attached hydrogens (tertiary/aromatic N) is 4. The molecule has 0 radical (unpaired) electrons. The number of rotatable bonds is 2. The van der Waals surface area contributed by atoms with Crippen LogP contribution in [0.1, 0.15) is 0 Å². The lowest BCUT2D eigenvalue weighted by molar-refractivity contribution is 0.392. The van der Waals surface area contributed by atoms with Gasteiger partial charge in [-0.3, -0.25) is 0 Å². The molecule has 0 bridgehead atoms. The molecule has 0 N–H and O–H groups in total. The minimum atomic E-state index is 0.209. The number of hydrogen-bond acceptors (Lipinski definition) is 7. The van der Waals surface area contributed by atoms with E-state index < -0.39 is 0 Å². The molecule has 0 saturated carbocycles. The summed E-state index contributed by atoms with van der Waals surface area (Å²) in [4.78, 5) is 0. The summed E-state index contributed by atoms with van der Waals surface area (Å²) < 4.78 is 13.7. The van der Waals surface area contributed by atoms with Gasteiger partial charge in [-0.2, -0.15) is 0 Å². The third kappa shape index (κ3) is 1.16. The van der Waals surface area contributed by atoms with Crippen molar-refractivity contribution in [1.82, 2.24) is 20.7 Å². The molecule has 11 heavy (non-hydrogen) atoms. The number of ether oxygens (including phenoxy) is 1. The van der Waals surface area contributed by atoms with Gasteiger partial charge in [0.25, 0.3) is 11.8 Å². The average Bonchev–Trinajstić information content (AvgIpc) is 2.60. The molecule has 0 aliphatic heterocycles. The maximum Gasteiger partial charge on any atom is 0.282 e. The zero-order chi connectivity index (χ0) is 7.52. The Morgan fingerprint density at radius 1 is 1.00 bits per heavy atom. The normalized spacial score (nSPS) is 9.82. The van der Waals surface area contributed by atoms with E-state index in [9.17, 15) is 0 Å². The first kappa shape index (κ1) is 5.83. The Bertz CT molecular complexity index is 270. The molecule has 0 aromatic carbocycles. The van der Waals surface area contributed by atoms with E-state index in [1.165, 1.54) is 12.5 Å². The Kier molecular flexibility index (Phi) is 1.26. The molecule has 0 saturated heterocycles. The predicted molar refractivity (Wildman–Crippen MR) is 28.7 cm³/mol. The quantitative estimate of drug-likeness (QED) is 0.612. The molecule has 2 heterocycles. The van der Waals surface area contributed by atoms with Gasteiger partial charge in [0, 0.05) is 10.5 Å². The molecule has 7 nitrogen and oxygen atoms in total. The summed E-state index contributed by atoms with van der Waals surface area (Å²) in [5.41, 5.74) is 0. The molecule has 7 heteroatoms. The van der Waals surface area contributed by atoms with E-state index in [-0.39, 0.29) is 11.8 Å². The van der Waals surface area contributed by atoms with Crippen LogP contribution in [0, 0.1) is 0 Å². The van der Waals surface area contributed by atoms with Crippen LogP contribution in [-0.4, -0.2) is 20.7 Å². The molecule has 2 aromatic heterocycles. The SMILES string of the molecule is c1onnc1Oc1conn1. The summed E-state index contributed by atoms with van der Waals surface area (Å²) in [7, 11) is 0. The Morgan fingerprint density at radius 2 is 1.55 bits per heavy atom. The van der Waals surface area contributed by atoms with Crippen LogP contribution in [0.4, 0.5) is 0 Å². The third-order valence-electron chi connectivity index (χ3n) is 0.889. The van der Waals surface area contributed by atoms with E-state index >= 15 is 0 Å². The van der Waals surface area contributed by atoms with Crippen LogP contribution in [0.2, 0.25) is 0 Å². The molecule has 56 valence electrons. The van der Waals surface area contributed by atoms with Gasteiger partial charge in [-0.05, 0) is 0 Å². The van der Waals surface area contributed by atoms with Crippen LogP contribution < -0.4 is 4.74 Å². The van der Waals surface area contributed by atoms with Crippen molar-refractivity contribution >= 4 is 0 Å². The van der Waals surface area contributed by atoms with Gasteiger partial charge in [0.1, 0.15) is 0 Å². The second-order valence-corrected chi connectivity index (χ2v) is 1.59. The third-order valence-corrected chi connectivity index (χ3v) is 0.889. The zero-order valence-electron chi connectivity index (χ0n) is 5.17. The molecule has 0 amide bonds. The van der Waals surface area contributed by atoms with Crippen molar-refractivity contribution in [3.05, 3.63) is 12.5 Å². The lowest BCUT2D eigenvalue weighted by Gasteiger charge is -1.88. The van der Waals surface area contributed by atoms with Crippen LogP contribution in [0.15, 0.2) is 21.6 Å². The molecule has 0 unspecified atom stereocenters. The van der Waals surface area contributed by atoms with Crippen molar-refractivity contribution in [3.8, 4) is 11.8 Å². The summed E-state index contributed by atoms with van der Waals surface area (Å²) in [6, 6.07) is 0. The number of aromatic nitrogens is 4. The van der Waals surface area contributed by atoms with Crippen molar-refractivity contribution < 1.29 is 13.8 Å². The van der Waals surface area contributed by atoms with Gasteiger partial charge < -0.3 is 13.8 Å². The van der Waals surface area contributed by atoms with E-state index in [1.807, 2.05) is 0 Å². The predicted octanol–water partition coefficient (Wildman–Crippen LogP) is 0.245. The second-order valence-electron chi connectivity index (χ2n) is 1.59. The maximum atomic E-state index is 4.92. The Hall–Kier alpha value is -1.92. The summed E-state index contributed by atoms with van der Waals surface area (Å²) in [5, 5.41) is 13.2. The van der Waals surface area contributed by atoms with Gasteiger partial charge in [0.05, 0.1) is 0 Å². The fourth-order valence-corrected chi connectivity index (χ4v) is 0.508. The van der Waals surface area contributed by atoms with Crippen LogP contribution in [0.25, 0.3) is 0 Å². The monoisotopic (exact) mass is 154 g/mol. The van der Waals surface area contributed by atoms with Crippen molar-refractivity contribution in [3.63, 3.8) is 0 Å². The Morgan fingerprint density at radius 3 is 1.91 bits per heavy atom. The summed E-state index contributed by atoms with van der Waals surface area (Å²) in [5.74, 6) is 0.418. The van der Waals surface area contributed by atoms with Gasteiger partial charge in [0.2, 0.25) is 0 Å². The van der Waals surface area contributed by atoms with E-state index in [1.54, 1.807) is 0 Å². The first-order valence-corrected chi connectivity index (χ1v) is 2.67. The Balaban J connectivity index is 2.14. The first-order valence-electron chi connectivity index (χ1n) is 2.67. The summed E-state index contributed by atoms with van der Waals surface area (Å²) in [6.45, 7) is 0. The largest absolute Gasteiger partial charge is 0.411 e. The highest BCUT2D eigenvalue weighted by molar-refractivity contribution is 5.08. The second kappa shape index (κ2) is 2.37. The minimum Gasteiger partial charge on any atom is -0.411 e. The van der Waals surface area contributed by atoms with Crippen LogP contribution in [0.5, 0.6) is 11.8 Å². The molecule has 0 spiro atoms. The van der Waals surface area contributed by atoms with Gasteiger partial charge in [-0.15, -0.1) is 0 Å². The standard InChI is InChI=1S/C4H2N4O3/c1-3(5-7-9-1)11-4-2-10-8-6-4/h1-2H. The molecule has 2 rings (SSSR count). The first-order chi connectivity index (χ1) is 5.45. The summed E-state index contributed by atoms with van der Waals surface area (Å²) in [6.07, 6.45) is 2.46. The lowest BCUT2D eigenvalue weighted by Crippen LogP contribution is -1.83. The molecule has 0 aliphatic carbocycles. The van der Waals surface area contributed by atoms with Gasteiger partial charge in [0.15, 0.2) is 12.5 Å². The maximum absolute atomic E-state index is 4.92. The van der Waals surface area contributed by atoms with E-state index in [0.29, 0.717) is 0 Å². The summed E-state index contributed by atoms with van der Waals surface area (Å²) >= 11 is 0. The molecule has 2 aromatic rings. The van der Waals surface area contributed by atoms with E-state index in [4.69, 9.17) is 4.74 Å². The molecular weight excluding hydrogens is 152 g/mol. The van der Waals surface area contributed by atoms with Crippen molar-refractivity contribution in [2.45, 2.75) is 0 Å². The molecule has 0 fully saturated rings. The topological polar surface area (TPSA) is 87.1 Å². The molecule has 0 aliphatic rings. The average molecular weight is 154 g/mol. The highest BCUT2D eigenvalue weighted by atomic mass is 16.6. The highest BCUT2D eigenvalue weighted by Crippen LogP contribution is 2.13. The van der Waals surface area contributed by atoms with E-state index in [2.05, 4.69) is 29.8 Å². The van der Waals surface area contributed by atoms with Gasteiger partial charge in [-0.25, -0.2) is 0 Å². The lowest BCUT2D eigenvalue weighted by atomic mass is 10.8. The fourth-order valence-electron chi connectivity index (χ4n) is 0.508. The Labute approximate surface area is 59.9 Å². The van der Waals surface area contributed by atoms with Crippen LogP contribution in [0.3, 0.4) is 0 Å². The van der Waals surface area contributed by atoms with Gasteiger partial charge in [-0.1, -0.05) is 10.2 Å². The van der Waals surface area contributed by atoms with Crippen molar-refractivity contribution in [2.24, 2.45) is 0 Å². The van der Waals surface area contributed by atoms with Crippen LogP contribution >= 0.6 is 0 Å². The zero-order valence-corrected chi connectivity index (χ0v) is 5.17. The van der Waals surface area contributed by atoms with E-state index in [0.717, 1.165) is 0 Å². The number of hydrogen-bond donors (Lipinski definition) is 0. The smallest absolute Gasteiger partial charge is 0.282 e. The van der Waals surface area contributed by atoms with Crippen LogP contribution in [-0.2, 0) is 0 Å². The molecular formula is C4H2N4O3.